The van der Waals surface area contributed by atoms with Gasteiger partial charge in [-0.15, -0.1) is 0 Å². The number of hydrogen-bond acceptors (Lipinski definition) is 5. The van der Waals surface area contributed by atoms with Gasteiger partial charge in [-0.1, -0.05) is 36.7 Å². The zero-order valence-corrected chi connectivity index (χ0v) is 15.0. The lowest BCUT2D eigenvalue weighted by atomic mass is 9.83. The highest BCUT2D eigenvalue weighted by molar-refractivity contribution is 9.10. The second kappa shape index (κ2) is 4.63. The summed E-state index contributed by atoms with van der Waals surface area (Å²) in [5, 5.41) is 10.2. The molecule has 0 aromatic rings. The number of ketones is 1. The summed E-state index contributed by atoms with van der Waals surface area (Å²) >= 11 is 3.14. The van der Waals surface area contributed by atoms with E-state index in [0.717, 1.165) is 0 Å². The molecule has 7 heteroatoms. The molecule has 1 aliphatic heterocycles. The van der Waals surface area contributed by atoms with Crippen molar-refractivity contribution in [2.45, 2.75) is 68.0 Å². The molecule has 0 amide bonds. The van der Waals surface area contributed by atoms with Crippen LogP contribution in [-0.4, -0.2) is 47.8 Å². The summed E-state index contributed by atoms with van der Waals surface area (Å²) in [7, 11) is -2.16. The molecule has 4 atom stereocenters. The number of carbonyl (C=O) groups excluding carboxylic acids is 2. The molecular weight excluding hydrogens is 344 g/mol. The normalized spacial score (nSPS) is 38.0. The van der Waals surface area contributed by atoms with Crippen molar-refractivity contribution in [3.63, 3.8) is 0 Å². The molecule has 0 radical (unpaired) electrons. The summed E-state index contributed by atoms with van der Waals surface area (Å²) in [5.41, 5.74) is -1.74. The average molecular weight is 365 g/mol. The van der Waals surface area contributed by atoms with Gasteiger partial charge in [0.05, 0.1) is 0 Å². The highest BCUT2D eigenvalue weighted by Gasteiger charge is 2.64. The van der Waals surface area contributed by atoms with Crippen molar-refractivity contribution in [2.24, 2.45) is 0 Å². The standard InChI is InChI=1S/C13H21BrO5Si/c1-12(2,3)20(4,5)19-9-7-6-13(17,11(16)18-7)10(14)8(9)15/h7,9-10,17H,6H2,1-5H3/t7-,9+,10+,13-/m1/s1. The van der Waals surface area contributed by atoms with Crippen LogP contribution in [0, 0.1) is 0 Å². The highest BCUT2D eigenvalue weighted by atomic mass is 79.9. The fourth-order valence-electron chi connectivity index (χ4n) is 2.24. The van der Waals surface area contributed by atoms with Gasteiger partial charge in [0.25, 0.3) is 0 Å². The lowest BCUT2D eigenvalue weighted by Gasteiger charge is -2.41. The summed E-state index contributed by atoms with van der Waals surface area (Å²) in [6.45, 7) is 10.3. The van der Waals surface area contributed by atoms with E-state index in [1.165, 1.54) is 0 Å². The second-order valence-corrected chi connectivity index (χ2v) is 12.8. The molecule has 20 heavy (non-hydrogen) atoms. The summed E-state index contributed by atoms with van der Waals surface area (Å²) < 4.78 is 11.3. The smallest absolute Gasteiger partial charge is 0.340 e. The van der Waals surface area contributed by atoms with Gasteiger partial charge in [0, 0.05) is 6.42 Å². The first-order valence-corrected chi connectivity index (χ1v) is 10.5. The van der Waals surface area contributed by atoms with E-state index in [0.29, 0.717) is 0 Å². The SMILES string of the molecule is CC(C)(C)[Si](C)(C)O[C@@H]1C(=O)[C@H](Br)[C@]2(O)C[C@H]1OC2=O. The van der Waals surface area contributed by atoms with E-state index in [2.05, 4.69) is 36.7 Å². The Morgan fingerprint density at radius 1 is 1.40 bits per heavy atom. The maximum Gasteiger partial charge on any atom is 0.340 e. The largest absolute Gasteiger partial charge is 0.457 e. The Kier molecular flexibility index (Phi) is 3.73. The van der Waals surface area contributed by atoms with E-state index >= 15 is 0 Å². The Morgan fingerprint density at radius 2 is 1.95 bits per heavy atom. The van der Waals surface area contributed by atoms with Gasteiger partial charge >= 0.3 is 5.97 Å². The van der Waals surface area contributed by atoms with Crippen molar-refractivity contribution in [1.29, 1.82) is 0 Å². The van der Waals surface area contributed by atoms with Crippen molar-refractivity contribution >= 4 is 36.0 Å². The van der Waals surface area contributed by atoms with Crippen LogP contribution in [0.4, 0.5) is 0 Å². The van der Waals surface area contributed by atoms with Crippen molar-refractivity contribution in [1.82, 2.24) is 0 Å². The Balaban J connectivity index is 2.27. The quantitative estimate of drug-likeness (QED) is 0.459. The molecule has 0 spiro atoms. The molecule has 1 N–H and O–H groups in total. The van der Waals surface area contributed by atoms with Gasteiger partial charge in [0.1, 0.15) is 17.0 Å². The third kappa shape index (κ3) is 2.28. The van der Waals surface area contributed by atoms with Crippen LogP contribution in [0.1, 0.15) is 27.2 Å². The first kappa shape index (κ1) is 16.1. The van der Waals surface area contributed by atoms with Crippen LogP contribution in [0.3, 0.4) is 0 Å². The van der Waals surface area contributed by atoms with Crippen LogP contribution in [-0.2, 0) is 18.8 Å². The Labute approximate surface area is 128 Å². The van der Waals surface area contributed by atoms with E-state index in [1.54, 1.807) is 0 Å². The number of ether oxygens (including phenoxy) is 1. The number of carbonyl (C=O) groups is 2. The topological polar surface area (TPSA) is 72.8 Å². The predicted octanol–water partition coefficient (Wildman–Crippen LogP) is 1.77. The third-order valence-electron chi connectivity index (χ3n) is 4.64. The molecular formula is C13H21BrO5Si. The van der Waals surface area contributed by atoms with Gasteiger partial charge < -0.3 is 14.3 Å². The van der Waals surface area contributed by atoms with Crippen molar-refractivity contribution in [3.05, 3.63) is 0 Å². The second-order valence-electron chi connectivity index (χ2n) is 7.14. The van der Waals surface area contributed by atoms with Gasteiger partial charge in [0.2, 0.25) is 0 Å². The summed E-state index contributed by atoms with van der Waals surface area (Å²) in [5.74, 6) is -1.04. The van der Waals surface area contributed by atoms with Gasteiger partial charge in [-0.05, 0) is 18.1 Å². The van der Waals surface area contributed by atoms with E-state index in [1.807, 2.05) is 13.1 Å². The zero-order valence-electron chi connectivity index (χ0n) is 12.4. The molecule has 2 aliphatic rings. The minimum atomic E-state index is -2.16. The first-order valence-electron chi connectivity index (χ1n) is 6.69. The summed E-state index contributed by atoms with van der Waals surface area (Å²) in [6.07, 6.45) is -1.36. The number of alkyl halides is 1. The summed E-state index contributed by atoms with van der Waals surface area (Å²) in [6, 6.07) is 0. The minimum absolute atomic E-state index is 0.0501. The Hall–Kier alpha value is -0.243. The fraction of sp³-hybridized carbons (Fsp3) is 0.846. The zero-order chi connectivity index (χ0) is 15.5. The number of aliphatic hydroxyl groups is 1. The Bertz CT molecular complexity index is 458. The van der Waals surface area contributed by atoms with Crippen LogP contribution < -0.4 is 0 Å². The number of halogens is 1. The lowest BCUT2D eigenvalue weighted by Crippen LogP contribution is -2.59. The summed E-state index contributed by atoms with van der Waals surface area (Å²) in [4.78, 5) is 23.2. The van der Waals surface area contributed by atoms with Crippen molar-refractivity contribution < 1.29 is 23.9 Å². The molecule has 0 unspecified atom stereocenters. The maximum absolute atomic E-state index is 12.4. The number of esters is 1. The molecule has 2 fully saturated rings. The molecule has 1 heterocycles. The van der Waals surface area contributed by atoms with E-state index < -0.39 is 36.9 Å². The van der Waals surface area contributed by atoms with Crippen molar-refractivity contribution in [3.8, 4) is 0 Å². The highest BCUT2D eigenvalue weighted by Crippen LogP contribution is 2.44. The average Bonchev–Trinajstić information content (AvgIpc) is 2.57. The van der Waals surface area contributed by atoms with E-state index in [-0.39, 0.29) is 17.2 Å². The molecule has 1 saturated carbocycles. The van der Waals surface area contributed by atoms with Crippen LogP contribution in [0.25, 0.3) is 0 Å². The fourth-order valence-corrected chi connectivity index (χ4v) is 4.13. The molecule has 0 aromatic carbocycles. The van der Waals surface area contributed by atoms with Crippen LogP contribution >= 0.6 is 15.9 Å². The molecule has 114 valence electrons. The van der Waals surface area contributed by atoms with Crippen LogP contribution in [0.15, 0.2) is 0 Å². The third-order valence-corrected chi connectivity index (χ3v) is 10.3. The van der Waals surface area contributed by atoms with Crippen molar-refractivity contribution in [2.75, 3.05) is 0 Å². The molecule has 0 aromatic heterocycles. The van der Waals surface area contributed by atoms with E-state index in [9.17, 15) is 14.7 Å². The van der Waals surface area contributed by atoms with Gasteiger partial charge in [0.15, 0.2) is 19.7 Å². The van der Waals surface area contributed by atoms with Gasteiger partial charge in [-0.3, -0.25) is 4.79 Å². The minimum Gasteiger partial charge on any atom is -0.457 e. The van der Waals surface area contributed by atoms with Gasteiger partial charge in [-0.2, -0.15) is 0 Å². The number of Topliss-reactive ketones (excluding diaryl/α,β-unsaturated/α-hetero) is 1. The predicted molar refractivity (Wildman–Crippen MR) is 79.2 cm³/mol. The lowest BCUT2D eigenvalue weighted by molar-refractivity contribution is -0.154. The molecule has 2 rings (SSSR count). The molecule has 2 bridgehead atoms. The first-order chi connectivity index (χ1) is 8.90. The monoisotopic (exact) mass is 364 g/mol. The molecule has 1 aliphatic carbocycles. The Morgan fingerprint density at radius 3 is 2.45 bits per heavy atom. The number of hydrogen-bond donors (Lipinski definition) is 1. The van der Waals surface area contributed by atoms with Crippen LogP contribution in [0.2, 0.25) is 18.1 Å². The maximum atomic E-state index is 12.4. The van der Waals surface area contributed by atoms with Gasteiger partial charge in [-0.25, -0.2) is 4.79 Å². The molecule has 1 saturated heterocycles. The number of rotatable bonds is 2. The molecule has 5 nitrogen and oxygen atoms in total. The number of fused-ring (bicyclic) bond motifs is 2. The van der Waals surface area contributed by atoms with Crippen LogP contribution in [0.5, 0.6) is 0 Å². The van der Waals surface area contributed by atoms with E-state index in [4.69, 9.17) is 9.16 Å².